The van der Waals surface area contributed by atoms with Crippen molar-refractivity contribution in [2.24, 2.45) is 0 Å². The van der Waals surface area contributed by atoms with Crippen LogP contribution in [0.5, 0.6) is 0 Å². The first kappa shape index (κ1) is 13.7. The van der Waals surface area contributed by atoms with Gasteiger partial charge in [-0.2, -0.15) is 5.10 Å². The molecule has 110 valence electrons. The Kier molecular flexibility index (Phi) is 3.68. The molecule has 2 aromatic heterocycles. The molecule has 3 heterocycles. The van der Waals surface area contributed by atoms with Crippen LogP contribution in [0.25, 0.3) is 0 Å². The molecule has 1 atom stereocenters. The summed E-state index contributed by atoms with van der Waals surface area (Å²) in [4.78, 5) is 23.0. The number of nitrogens with one attached hydrogen (secondary N) is 1. The number of hydrogen-bond donors (Lipinski definition) is 1. The van der Waals surface area contributed by atoms with Crippen LogP contribution in [0.2, 0.25) is 0 Å². The molecule has 1 N–H and O–H groups in total. The first-order chi connectivity index (χ1) is 10.2. The van der Waals surface area contributed by atoms with Gasteiger partial charge in [0.25, 0.3) is 0 Å². The number of aryl methyl sites for hydroxylation is 2. The maximum atomic E-state index is 12.6. The fraction of sp³-hybridized carbons (Fsp3) is 0.467. The van der Waals surface area contributed by atoms with Crippen LogP contribution >= 0.6 is 0 Å². The molecular formula is C15H19N5O. The highest BCUT2D eigenvalue weighted by Gasteiger charge is 2.31. The Morgan fingerprint density at radius 3 is 2.95 bits per heavy atom. The highest BCUT2D eigenvalue weighted by atomic mass is 16.2. The molecule has 1 amide bonds. The van der Waals surface area contributed by atoms with Gasteiger partial charge in [0.05, 0.1) is 30.0 Å². The monoisotopic (exact) mass is 285 g/mol. The number of carbonyl (C=O) groups excluding carboxylic acids is 1. The quantitative estimate of drug-likeness (QED) is 0.931. The number of likely N-dealkylation sites (tertiary alicyclic amines) is 1. The third-order valence-corrected chi connectivity index (χ3v) is 4.11. The molecule has 2 aromatic rings. The Morgan fingerprint density at radius 1 is 1.43 bits per heavy atom. The van der Waals surface area contributed by atoms with E-state index < -0.39 is 0 Å². The summed E-state index contributed by atoms with van der Waals surface area (Å²) in [5, 5.41) is 7.09. The van der Waals surface area contributed by atoms with Gasteiger partial charge >= 0.3 is 0 Å². The van der Waals surface area contributed by atoms with Gasteiger partial charge < -0.3 is 4.90 Å². The molecule has 0 saturated carbocycles. The zero-order chi connectivity index (χ0) is 14.8. The van der Waals surface area contributed by atoms with Crippen molar-refractivity contribution in [2.75, 3.05) is 6.54 Å². The Hall–Kier alpha value is -2.24. The van der Waals surface area contributed by atoms with Crippen molar-refractivity contribution in [3.8, 4) is 0 Å². The maximum Gasteiger partial charge on any atom is 0.227 e. The van der Waals surface area contributed by atoms with E-state index in [2.05, 4.69) is 20.2 Å². The zero-order valence-electron chi connectivity index (χ0n) is 12.3. The standard InChI is InChI=1S/C15H19N5O/c1-10-12(11(2)19-18-10)8-15(21)20-7-3-4-14(20)13-9-16-5-6-17-13/h5-6,9,14H,3-4,7-8H2,1-2H3,(H,18,19)/t14-/m1/s1. The highest BCUT2D eigenvalue weighted by Crippen LogP contribution is 2.31. The topological polar surface area (TPSA) is 74.8 Å². The van der Waals surface area contributed by atoms with Gasteiger partial charge in [0, 0.05) is 30.2 Å². The normalized spacial score (nSPS) is 18.2. The molecule has 1 aliphatic rings. The van der Waals surface area contributed by atoms with Crippen molar-refractivity contribution in [3.05, 3.63) is 41.2 Å². The lowest BCUT2D eigenvalue weighted by atomic mass is 10.1. The van der Waals surface area contributed by atoms with Crippen LogP contribution in [0.1, 0.15) is 41.5 Å². The van der Waals surface area contributed by atoms with Crippen molar-refractivity contribution in [2.45, 2.75) is 39.2 Å². The van der Waals surface area contributed by atoms with Crippen LogP contribution in [0.4, 0.5) is 0 Å². The van der Waals surface area contributed by atoms with Crippen molar-refractivity contribution >= 4 is 5.91 Å². The van der Waals surface area contributed by atoms with Crippen molar-refractivity contribution in [1.82, 2.24) is 25.1 Å². The maximum absolute atomic E-state index is 12.6. The first-order valence-electron chi connectivity index (χ1n) is 7.22. The Labute approximate surface area is 123 Å². The molecule has 0 bridgehead atoms. The van der Waals surface area contributed by atoms with E-state index in [9.17, 15) is 4.79 Å². The van der Waals surface area contributed by atoms with Crippen molar-refractivity contribution in [1.29, 1.82) is 0 Å². The molecule has 1 fully saturated rings. The minimum absolute atomic E-state index is 0.0544. The second kappa shape index (κ2) is 5.63. The summed E-state index contributed by atoms with van der Waals surface area (Å²) in [5.41, 5.74) is 3.75. The summed E-state index contributed by atoms with van der Waals surface area (Å²) in [7, 11) is 0. The number of aromatic amines is 1. The molecule has 6 nitrogen and oxygen atoms in total. The number of H-pyrrole nitrogens is 1. The van der Waals surface area contributed by atoms with Gasteiger partial charge in [-0.15, -0.1) is 0 Å². The van der Waals surface area contributed by atoms with E-state index in [1.807, 2.05) is 18.7 Å². The van der Waals surface area contributed by atoms with E-state index >= 15 is 0 Å². The molecule has 1 saturated heterocycles. The van der Waals surface area contributed by atoms with Crippen LogP contribution in [0.15, 0.2) is 18.6 Å². The van der Waals surface area contributed by atoms with Gasteiger partial charge in [0.2, 0.25) is 5.91 Å². The zero-order valence-corrected chi connectivity index (χ0v) is 12.3. The number of amides is 1. The summed E-state index contributed by atoms with van der Waals surface area (Å²) >= 11 is 0. The first-order valence-corrected chi connectivity index (χ1v) is 7.22. The SMILES string of the molecule is Cc1n[nH]c(C)c1CC(=O)N1CCC[C@@H]1c1cnccn1. The van der Waals surface area contributed by atoms with Crippen LogP contribution in [-0.2, 0) is 11.2 Å². The predicted octanol–water partition coefficient (Wildman–Crippen LogP) is 1.72. The summed E-state index contributed by atoms with van der Waals surface area (Å²) in [6.07, 6.45) is 7.45. The van der Waals surface area contributed by atoms with Gasteiger partial charge in [-0.05, 0) is 26.7 Å². The number of nitrogens with zero attached hydrogens (tertiary/aromatic N) is 4. The fourth-order valence-corrected chi connectivity index (χ4v) is 2.94. The van der Waals surface area contributed by atoms with E-state index in [0.717, 1.165) is 42.0 Å². The molecule has 0 unspecified atom stereocenters. The Bertz CT molecular complexity index is 617. The lowest BCUT2D eigenvalue weighted by molar-refractivity contribution is -0.131. The lowest BCUT2D eigenvalue weighted by Crippen LogP contribution is -2.32. The Morgan fingerprint density at radius 2 is 2.29 bits per heavy atom. The van der Waals surface area contributed by atoms with E-state index in [0.29, 0.717) is 6.42 Å². The van der Waals surface area contributed by atoms with Crippen LogP contribution < -0.4 is 0 Å². The number of carbonyl (C=O) groups is 1. The van der Waals surface area contributed by atoms with Crippen LogP contribution in [-0.4, -0.2) is 37.5 Å². The summed E-state index contributed by atoms with van der Waals surface area (Å²) in [5.74, 6) is 0.135. The minimum Gasteiger partial charge on any atom is -0.334 e. The van der Waals surface area contributed by atoms with Gasteiger partial charge in [-0.3, -0.25) is 19.9 Å². The van der Waals surface area contributed by atoms with E-state index in [4.69, 9.17) is 0 Å². The molecule has 0 aromatic carbocycles. The second-order valence-electron chi connectivity index (χ2n) is 5.46. The van der Waals surface area contributed by atoms with Crippen molar-refractivity contribution < 1.29 is 4.79 Å². The smallest absolute Gasteiger partial charge is 0.227 e. The number of hydrogen-bond acceptors (Lipinski definition) is 4. The average molecular weight is 285 g/mol. The predicted molar refractivity (Wildman–Crippen MR) is 77.5 cm³/mol. The summed E-state index contributed by atoms with van der Waals surface area (Å²) in [6.45, 7) is 4.67. The van der Waals surface area contributed by atoms with E-state index in [1.54, 1.807) is 18.6 Å². The van der Waals surface area contributed by atoms with Gasteiger partial charge in [0.15, 0.2) is 0 Å². The highest BCUT2D eigenvalue weighted by molar-refractivity contribution is 5.80. The lowest BCUT2D eigenvalue weighted by Gasteiger charge is -2.24. The Balaban J connectivity index is 1.78. The van der Waals surface area contributed by atoms with Crippen LogP contribution in [0.3, 0.4) is 0 Å². The fourth-order valence-electron chi connectivity index (χ4n) is 2.94. The molecule has 1 aliphatic heterocycles. The van der Waals surface area contributed by atoms with Crippen LogP contribution in [0, 0.1) is 13.8 Å². The molecule has 0 spiro atoms. The molecule has 0 radical (unpaired) electrons. The molecule has 21 heavy (non-hydrogen) atoms. The third kappa shape index (κ3) is 2.66. The molecule has 0 aliphatic carbocycles. The number of aromatic nitrogens is 4. The largest absolute Gasteiger partial charge is 0.334 e. The minimum atomic E-state index is 0.0544. The molecule has 6 heteroatoms. The number of rotatable bonds is 3. The summed E-state index contributed by atoms with van der Waals surface area (Å²) in [6, 6.07) is 0.0544. The second-order valence-corrected chi connectivity index (χ2v) is 5.46. The van der Waals surface area contributed by atoms with E-state index in [-0.39, 0.29) is 11.9 Å². The van der Waals surface area contributed by atoms with Gasteiger partial charge in [0.1, 0.15) is 0 Å². The molecular weight excluding hydrogens is 266 g/mol. The van der Waals surface area contributed by atoms with E-state index in [1.165, 1.54) is 0 Å². The molecule has 3 rings (SSSR count). The van der Waals surface area contributed by atoms with Crippen molar-refractivity contribution in [3.63, 3.8) is 0 Å². The third-order valence-electron chi connectivity index (χ3n) is 4.11. The average Bonchev–Trinajstić information content (AvgIpc) is 3.10. The van der Waals surface area contributed by atoms with Gasteiger partial charge in [-0.25, -0.2) is 0 Å². The summed E-state index contributed by atoms with van der Waals surface area (Å²) < 4.78 is 0. The van der Waals surface area contributed by atoms with Gasteiger partial charge in [-0.1, -0.05) is 0 Å².